The van der Waals surface area contributed by atoms with Crippen LogP contribution in [0.15, 0.2) is 29.2 Å². The van der Waals surface area contributed by atoms with Crippen molar-refractivity contribution in [2.75, 3.05) is 18.9 Å². The average Bonchev–Trinajstić information content (AvgIpc) is 2.43. The molecule has 0 saturated carbocycles. The van der Waals surface area contributed by atoms with E-state index in [1.807, 2.05) is 13.8 Å². The molecule has 116 valence electrons. The monoisotopic (exact) mass is 312 g/mol. The summed E-state index contributed by atoms with van der Waals surface area (Å²) in [6.45, 7) is 4.56. The lowest BCUT2D eigenvalue weighted by Crippen LogP contribution is -2.35. The molecule has 0 saturated heterocycles. The van der Waals surface area contributed by atoms with E-state index in [0.29, 0.717) is 13.0 Å². The lowest BCUT2D eigenvalue weighted by molar-refractivity contribution is -0.384. The minimum Gasteiger partial charge on any atom is -0.396 e. The molecule has 0 aromatic heterocycles. The molecule has 0 aliphatic rings. The molecule has 2 N–H and O–H groups in total. The fourth-order valence-corrected chi connectivity index (χ4v) is 2.32. The maximum Gasteiger partial charge on any atom is 0.269 e. The fraction of sp³-hybridized carbons (Fsp3) is 0.500. The summed E-state index contributed by atoms with van der Waals surface area (Å²) in [5, 5.41) is 22.3. The summed E-state index contributed by atoms with van der Waals surface area (Å²) in [5.41, 5.74) is -0.0998. The Balaban J connectivity index is 2.37. The molecule has 1 amide bonds. The van der Waals surface area contributed by atoms with Crippen LogP contribution in [-0.2, 0) is 4.79 Å². The Hall–Kier alpha value is -1.60. The van der Waals surface area contributed by atoms with E-state index in [4.69, 9.17) is 5.11 Å². The number of nitro groups is 1. The third-order valence-corrected chi connectivity index (χ3v) is 3.98. The minimum absolute atomic E-state index is 0.0366. The summed E-state index contributed by atoms with van der Waals surface area (Å²) < 4.78 is 0. The van der Waals surface area contributed by atoms with Gasteiger partial charge in [0, 0.05) is 30.2 Å². The van der Waals surface area contributed by atoms with Crippen molar-refractivity contribution in [3.8, 4) is 0 Å². The Labute approximate surface area is 128 Å². The summed E-state index contributed by atoms with van der Waals surface area (Å²) in [4.78, 5) is 22.6. The molecule has 0 fully saturated rings. The number of nitro benzene ring substituents is 1. The highest BCUT2D eigenvalue weighted by Crippen LogP contribution is 2.21. The quantitative estimate of drug-likeness (QED) is 0.436. The average molecular weight is 312 g/mol. The van der Waals surface area contributed by atoms with Gasteiger partial charge in [0.05, 0.1) is 10.7 Å². The van der Waals surface area contributed by atoms with E-state index in [-0.39, 0.29) is 29.4 Å². The van der Waals surface area contributed by atoms with E-state index >= 15 is 0 Å². The highest BCUT2D eigenvalue weighted by molar-refractivity contribution is 8.00. The Kier molecular flexibility index (Phi) is 6.64. The van der Waals surface area contributed by atoms with Crippen molar-refractivity contribution < 1.29 is 14.8 Å². The van der Waals surface area contributed by atoms with Crippen LogP contribution >= 0.6 is 11.8 Å². The molecule has 0 unspecified atom stereocenters. The number of non-ortho nitro benzene ring substituents is 1. The van der Waals surface area contributed by atoms with Gasteiger partial charge in [0.25, 0.3) is 5.69 Å². The first-order chi connectivity index (χ1) is 9.84. The summed E-state index contributed by atoms with van der Waals surface area (Å²) in [6, 6.07) is 6.10. The molecule has 0 aliphatic heterocycles. The first kappa shape index (κ1) is 17.5. The molecule has 0 atom stereocenters. The number of amides is 1. The summed E-state index contributed by atoms with van der Waals surface area (Å²) in [6.07, 6.45) is 0.628. The summed E-state index contributed by atoms with van der Waals surface area (Å²) in [5.74, 6) is 0.164. The van der Waals surface area contributed by atoms with Crippen molar-refractivity contribution in [2.45, 2.75) is 25.2 Å². The molecular weight excluding hydrogens is 292 g/mol. The Morgan fingerprint density at radius 3 is 2.52 bits per heavy atom. The molecule has 1 aromatic carbocycles. The van der Waals surface area contributed by atoms with Crippen molar-refractivity contribution in [3.63, 3.8) is 0 Å². The smallest absolute Gasteiger partial charge is 0.269 e. The number of carbonyl (C=O) groups is 1. The van der Waals surface area contributed by atoms with Crippen molar-refractivity contribution in [1.82, 2.24) is 5.32 Å². The number of hydrogen-bond donors (Lipinski definition) is 2. The van der Waals surface area contributed by atoms with Crippen LogP contribution in [0.2, 0.25) is 0 Å². The fourth-order valence-electron chi connectivity index (χ4n) is 1.59. The van der Waals surface area contributed by atoms with Crippen LogP contribution in [0, 0.1) is 15.5 Å². The molecule has 21 heavy (non-hydrogen) atoms. The highest BCUT2D eigenvalue weighted by atomic mass is 32.2. The number of nitrogens with one attached hydrogen (secondary N) is 1. The van der Waals surface area contributed by atoms with Gasteiger partial charge < -0.3 is 10.4 Å². The van der Waals surface area contributed by atoms with Crippen LogP contribution < -0.4 is 5.32 Å². The van der Waals surface area contributed by atoms with Gasteiger partial charge in [-0.2, -0.15) is 0 Å². The molecule has 0 bridgehead atoms. The van der Waals surface area contributed by atoms with Crippen LogP contribution in [0.3, 0.4) is 0 Å². The predicted molar refractivity (Wildman–Crippen MR) is 82.3 cm³/mol. The first-order valence-corrected chi connectivity index (χ1v) is 7.57. The van der Waals surface area contributed by atoms with Gasteiger partial charge in [0.2, 0.25) is 5.91 Å². The topological polar surface area (TPSA) is 92.5 Å². The number of carbonyl (C=O) groups excluding carboxylic acids is 1. The molecule has 7 heteroatoms. The van der Waals surface area contributed by atoms with Crippen LogP contribution in [0.25, 0.3) is 0 Å². The van der Waals surface area contributed by atoms with E-state index < -0.39 is 4.92 Å². The molecule has 6 nitrogen and oxygen atoms in total. The van der Waals surface area contributed by atoms with Gasteiger partial charge in [-0.1, -0.05) is 13.8 Å². The number of rotatable bonds is 8. The van der Waals surface area contributed by atoms with Crippen molar-refractivity contribution in [2.24, 2.45) is 5.41 Å². The molecule has 0 spiro atoms. The van der Waals surface area contributed by atoms with Gasteiger partial charge in [-0.15, -0.1) is 11.8 Å². The summed E-state index contributed by atoms with van der Waals surface area (Å²) >= 11 is 1.33. The normalized spacial score (nSPS) is 11.2. The maximum atomic E-state index is 11.7. The molecule has 0 radical (unpaired) electrons. The van der Waals surface area contributed by atoms with Crippen molar-refractivity contribution in [1.29, 1.82) is 0 Å². The minimum atomic E-state index is -0.454. The van der Waals surface area contributed by atoms with Crippen molar-refractivity contribution >= 4 is 23.4 Å². The zero-order valence-electron chi connectivity index (χ0n) is 12.2. The number of hydrogen-bond acceptors (Lipinski definition) is 5. The predicted octanol–water partition coefficient (Wildman–Crippen LogP) is 2.21. The number of thioether (sulfide) groups is 1. The third-order valence-electron chi connectivity index (χ3n) is 2.97. The van der Waals surface area contributed by atoms with Crippen LogP contribution in [0.1, 0.15) is 20.3 Å². The second-order valence-electron chi connectivity index (χ2n) is 5.45. The maximum absolute atomic E-state index is 11.7. The standard InChI is InChI=1S/C14H20N2O4S/c1-14(2,7-8-17)10-15-13(18)9-21-12-5-3-11(4-6-12)16(19)20/h3-6,17H,7-10H2,1-2H3,(H,15,18). The second-order valence-corrected chi connectivity index (χ2v) is 6.50. The van der Waals surface area contributed by atoms with Gasteiger partial charge in [-0.25, -0.2) is 0 Å². The van der Waals surface area contributed by atoms with Crippen LogP contribution in [-0.4, -0.2) is 34.8 Å². The van der Waals surface area contributed by atoms with Crippen LogP contribution in [0.5, 0.6) is 0 Å². The van der Waals surface area contributed by atoms with E-state index in [9.17, 15) is 14.9 Å². The van der Waals surface area contributed by atoms with E-state index in [1.165, 1.54) is 23.9 Å². The lowest BCUT2D eigenvalue weighted by Gasteiger charge is -2.23. The van der Waals surface area contributed by atoms with Gasteiger partial charge >= 0.3 is 0 Å². The third kappa shape index (κ3) is 6.59. The van der Waals surface area contributed by atoms with Gasteiger partial charge in [0.15, 0.2) is 0 Å². The first-order valence-electron chi connectivity index (χ1n) is 6.59. The second kappa shape index (κ2) is 7.99. The highest BCUT2D eigenvalue weighted by Gasteiger charge is 2.18. The van der Waals surface area contributed by atoms with Gasteiger partial charge in [0.1, 0.15) is 0 Å². The molecule has 0 heterocycles. The number of aliphatic hydroxyl groups excluding tert-OH is 1. The summed E-state index contributed by atoms with van der Waals surface area (Å²) in [7, 11) is 0. The van der Waals surface area contributed by atoms with Gasteiger partial charge in [-0.05, 0) is 24.0 Å². The zero-order valence-corrected chi connectivity index (χ0v) is 13.0. The van der Waals surface area contributed by atoms with E-state index in [1.54, 1.807) is 12.1 Å². The van der Waals surface area contributed by atoms with Crippen molar-refractivity contribution in [3.05, 3.63) is 34.4 Å². The molecule has 1 rings (SSSR count). The molecule has 0 aliphatic carbocycles. The van der Waals surface area contributed by atoms with E-state index in [0.717, 1.165) is 4.90 Å². The molecular formula is C14H20N2O4S. The number of aliphatic hydroxyl groups is 1. The largest absolute Gasteiger partial charge is 0.396 e. The number of nitrogens with zero attached hydrogens (tertiary/aromatic N) is 1. The van der Waals surface area contributed by atoms with Gasteiger partial charge in [-0.3, -0.25) is 14.9 Å². The Morgan fingerprint density at radius 1 is 1.38 bits per heavy atom. The SMILES string of the molecule is CC(C)(CCO)CNC(=O)CSc1ccc([N+](=O)[O-])cc1. The Morgan fingerprint density at radius 2 is 2.00 bits per heavy atom. The lowest BCUT2D eigenvalue weighted by atomic mass is 9.90. The zero-order chi connectivity index (χ0) is 15.9. The van der Waals surface area contributed by atoms with E-state index in [2.05, 4.69) is 5.32 Å². The molecule has 1 aromatic rings. The Bertz CT molecular complexity index is 488. The number of benzene rings is 1. The van der Waals surface area contributed by atoms with Crippen LogP contribution in [0.4, 0.5) is 5.69 Å².